The van der Waals surface area contributed by atoms with Gasteiger partial charge in [-0.05, 0) is 99.4 Å². The Hall–Kier alpha value is -2.83. The molecule has 2 atom stereocenters. The van der Waals surface area contributed by atoms with Gasteiger partial charge in [0.25, 0.3) is 0 Å². The summed E-state index contributed by atoms with van der Waals surface area (Å²) < 4.78 is 20.6. The quantitative estimate of drug-likeness (QED) is 0.442. The number of likely N-dealkylation sites (tertiary alicyclic amines) is 1. The second kappa shape index (κ2) is 11.7. The topological polar surface area (TPSA) is 56.2 Å². The highest BCUT2D eigenvalue weighted by atomic mass is 19.1. The van der Waals surface area contributed by atoms with E-state index in [0.717, 1.165) is 63.1 Å². The highest BCUT2D eigenvalue weighted by molar-refractivity contribution is 5.59. The van der Waals surface area contributed by atoms with Crippen LogP contribution in [0.2, 0.25) is 0 Å². The number of ether oxygens (including phenoxy) is 1. The predicted octanol–water partition coefficient (Wildman–Crippen LogP) is 5.92. The van der Waals surface area contributed by atoms with Crippen LogP contribution in [0.15, 0.2) is 59.7 Å². The summed E-state index contributed by atoms with van der Waals surface area (Å²) in [4.78, 5) is 4.57. The third-order valence-electron chi connectivity index (χ3n) is 8.10. The van der Waals surface area contributed by atoms with Gasteiger partial charge in [0.1, 0.15) is 12.4 Å². The van der Waals surface area contributed by atoms with Crippen molar-refractivity contribution >= 4 is 5.69 Å². The highest BCUT2D eigenvalue weighted by Gasteiger charge is 2.27. The maximum atomic E-state index is 14.9. The van der Waals surface area contributed by atoms with Crippen molar-refractivity contribution < 1.29 is 19.3 Å². The molecule has 0 aromatic heterocycles. The number of halogens is 1. The summed E-state index contributed by atoms with van der Waals surface area (Å²) >= 11 is 0. The van der Waals surface area contributed by atoms with Crippen LogP contribution in [0.25, 0.3) is 0 Å². The predicted molar refractivity (Wildman–Crippen MR) is 146 cm³/mol. The van der Waals surface area contributed by atoms with Crippen LogP contribution in [0.3, 0.4) is 0 Å². The number of anilines is 1. The van der Waals surface area contributed by atoms with Crippen molar-refractivity contribution in [2.75, 3.05) is 37.7 Å². The average molecular weight is 507 g/mol. The molecule has 0 bridgehead atoms. The molecule has 5 nitrogen and oxygen atoms in total. The number of benzene rings is 2. The number of nitrogens with zero attached hydrogens (tertiary/aromatic N) is 2. The largest absolute Gasteiger partial charge is 0.508 e. The number of hydrogen-bond acceptors (Lipinski definition) is 5. The second-order valence-corrected chi connectivity index (χ2v) is 10.6. The zero-order valence-corrected chi connectivity index (χ0v) is 21.8. The smallest absolute Gasteiger partial charge is 0.165 e. The molecule has 37 heavy (non-hydrogen) atoms. The van der Waals surface area contributed by atoms with Crippen LogP contribution in [0.5, 0.6) is 11.5 Å². The first-order valence-corrected chi connectivity index (χ1v) is 13.8. The molecule has 1 saturated heterocycles. The first-order valence-electron chi connectivity index (χ1n) is 13.8. The van der Waals surface area contributed by atoms with Crippen molar-refractivity contribution in [1.29, 1.82) is 0 Å². The van der Waals surface area contributed by atoms with E-state index in [4.69, 9.17) is 4.74 Å². The SMILES string of the molecule is CCN(Cc1ccc(OCCN2CCCC2)c(F)c1)c1cc(O)ccc1C1CCC2=C(C=CC(O)C2)C1. The lowest BCUT2D eigenvalue weighted by Crippen LogP contribution is -2.25. The van der Waals surface area contributed by atoms with Gasteiger partial charge in [0.05, 0.1) is 6.10 Å². The molecular formula is C31H39FN2O3. The van der Waals surface area contributed by atoms with Gasteiger partial charge in [-0.1, -0.05) is 29.9 Å². The first kappa shape index (κ1) is 25.8. The summed E-state index contributed by atoms with van der Waals surface area (Å²) in [6.07, 6.45) is 9.77. The molecule has 3 aliphatic rings. The van der Waals surface area contributed by atoms with Crippen LogP contribution in [-0.4, -0.2) is 54.0 Å². The molecule has 0 amide bonds. The van der Waals surface area contributed by atoms with Crippen molar-refractivity contribution in [2.45, 2.75) is 64.0 Å². The lowest BCUT2D eigenvalue weighted by molar-refractivity contribution is 0.218. The van der Waals surface area contributed by atoms with Gasteiger partial charge < -0.3 is 19.8 Å². The highest BCUT2D eigenvalue weighted by Crippen LogP contribution is 2.44. The number of aliphatic hydroxyl groups excluding tert-OH is 1. The van der Waals surface area contributed by atoms with E-state index in [-0.39, 0.29) is 17.7 Å². The fraction of sp³-hybridized carbons (Fsp3) is 0.484. The van der Waals surface area contributed by atoms with E-state index in [1.807, 2.05) is 24.3 Å². The van der Waals surface area contributed by atoms with Crippen LogP contribution in [0.4, 0.5) is 10.1 Å². The zero-order valence-electron chi connectivity index (χ0n) is 21.8. The number of allylic oxidation sites excluding steroid dienone is 2. The van der Waals surface area contributed by atoms with E-state index >= 15 is 0 Å². The summed E-state index contributed by atoms with van der Waals surface area (Å²) in [5, 5.41) is 20.3. The van der Waals surface area contributed by atoms with Gasteiger partial charge in [-0.15, -0.1) is 0 Å². The van der Waals surface area contributed by atoms with E-state index in [0.29, 0.717) is 24.8 Å². The lowest BCUT2D eigenvalue weighted by Gasteiger charge is -2.33. The van der Waals surface area contributed by atoms with Crippen LogP contribution in [0.1, 0.15) is 62.5 Å². The number of rotatable bonds is 9. The van der Waals surface area contributed by atoms with E-state index in [1.165, 1.54) is 29.6 Å². The molecule has 2 aliphatic carbocycles. The molecule has 1 heterocycles. The Labute approximate surface area is 219 Å². The fourth-order valence-corrected chi connectivity index (χ4v) is 6.04. The Bertz CT molecular complexity index is 1160. The molecule has 1 fully saturated rings. The molecule has 0 saturated carbocycles. The van der Waals surface area contributed by atoms with Crippen molar-refractivity contribution in [3.8, 4) is 11.5 Å². The summed E-state index contributed by atoms with van der Waals surface area (Å²) in [6.45, 7) is 6.91. The summed E-state index contributed by atoms with van der Waals surface area (Å²) in [5.74, 6) is 0.554. The van der Waals surface area contributed by atoms with Gasteiger partial charge in [0.2, 0.25) is 0 Å². The Kier molecular flexibility index (Phi) is 8.16. The molecule has 5 rings (SSSR count). The second-order valence-electron chi connectivity index (χ2n) is 10.6. The fourth-order valence-electron chi connectivity index (χ4n) is 6.04. The summed E-state index contributed by atoms with van der Waals surface area (Å²) in [7, 11) is 0. The Morgan fingerprint density at radius 2 is 1.95 bits per heavy atom. The van der Waals surface area contributed by atoms with Crippen molar-refractivity contribution in [3.05, 3.63) is 76.6 Å². The van der Waals surface area contributed by atoms with Gasteiger partial charge >= 0.3 is 0 Å². The first-order chi connectivity index (χ1) is 18.0. The van der Waals surface area contributed by atoms with Crippen LogP contribution in [0, 0.1) is 5.82 Å². The lowest BCUT2D eigenvalue weighted by atomic mass is 9.76. The molecule has 2 aromatic rings. The van der Waals surface area contributed by atoms with E-state index in [9.17, 15) is 14.6 Å². The molecule has 6 heteroatoms. The molecule has 0 spiro atoms. The molecular weight excluding hydrogens is 467 g/mol. The molecule has 1 aliphatic heterocycles. The average Bonchev–Trinajstić information content (AvgIpc) is 3.42. The van der Waals surface area contributed by atoms with Crippen LogP contribution in [-0.2, 0) is 6.54 Å². The van der Waals surface area contributed by atoms with Gasteiger partial charge in [0, 0.05) is 31.4 Å². The maximum Gasteiger partial charge on any atom is 0.165 e. The van der Waals surface area contributed by atoms with E-state index < -0.39 is 0 Å². The monoisotopic (exact) mass is 506 g/mol. The van der Waals surface area contributed by atoms with Crippen LogP contribution < -0.4 is 9.64 Å². The standard InChI is InChI=1S/C31H39FN2O3/c1-2-34(21-22-5-12-31(29(32)17-22)37-16-15-33-13-3-4-14-33)30-20-27(36)10-11-28(30)25-7-6-24-19-26(35)9-8-23(24)18-25/h5,8-12,17,20,25-26,35-36H,2-4,6-7,13-16,18-19,21H2,1H3. The molecule has 2 aromatic carbocycles. The van der Waals surface area contributed by atoms with E-state index in [2.05, 4.69) is 22.8 Å². The Balaban J connectivity index is 1.29. The summed E-state index contributed by atoms with van der Waals surface area (Å²) in [6, 6.07) is 10.9. The number of phenols is 1. The third kappa shape index (κ3) is 6.19. The van der Waals surface area contributed by atoms with Crippen molar-refractivity contribution in [3.63, 3.8) is 0 Å². The third-order valence-corrected chi connectivity index (χ3v) is 8.10. The Morgan fingerprint density at radius 3 is 2.73 bits per heavy atom. The molecule has 2 unspecified atom stereocenters. The van der Waals surface area contributed by atoms with Gasteiger partial charge in [0.15, 0.2) is 11.6 Å². The number of aromatic hydroxyl groups is 1. The number of hydrogen-bond donors (Lipinski definition) is 2. The normalized spacial score (nSPS) is 21.8. The van der Waals surface area contributed by atoms with Crippen molar-refractivity contribution in [2.24, 2.45) is 0 Å². The van der Waals surface area contributed by atoms with Crippen LogP contribution >= 0.6 is 0 Å². The minimum atomic E-state index is -0.364. The molecule has 198 valence electrons. The number of phenolic OH excluding ortho intramolecular Hbond substituents is 1. The number of aliphatic hydroxyl groups is 1. The maximum absolute atomic E-state index is 14.9. The van der Waals surface area contributed by atoms with Crippen molar-refractivity contribution in [1.82, 2.24) is 4.90 Å². The minimum absolute atomic E-state index is 0.238. The summed E-state index contributed by atoms with van der Waals surface area (Å²) in [5.41, 5.74) is 5.80. The van der Waals surface area contributed by atoms with Gasteiger partial charge in [-0.25, -0.2) is 4.39 Å². The zero-order chi connectivity index (χ0) is 25.8. The molecule has 0 radical (unpaired) electrons. The Morgan fingerprint density at radius 1 is 1.11 bits per heavy atom. The van der Waals surface area contributed by atoms with E-state index in [1.54, 1.807) is 18.2 Å². The minimum Gasteiger partial charge on any atom is -0.508 e. The van der Waals surface area contributed by atoms with Gasteiger partial charge in [-0.3, -0.25) is 4.90 Å². The molecule has 2 N–H and O–H groups in total. The van der Waals surface area contributed by atoms with Gasteiger partial charge in [-0.2, -0.15) is 0 Å².